The number of carbonyl (C=O) groups excluding carboxylic acids is 1. The fourth-order valence-corrected chi connectivity index (χ4v) is 0.943. The standard InChI is InChI=1S/C6H8O4/c1-3-2-4(7)5(10-3)6(8)9/h3,5H,2H2,1H3,(H,8,9). The molecule has 1 saturated heterocycles. The van der Waals surface area contributed by atoms with Crippen molar-refractivity contribution in [2.75, 3.05) is 0 Å². The van der Waals surface area contributed by atoms with Crippen molar-refractivity contribution in [3.8, 4) is 0 Å². The first-order chi connectivity index (χ1) is 4.61. The van der Waals surface area contributed by atoms with Gasteiger partial charge in [0, 0.05) is 6.42 Å². The van der Waals surface area contributed by atoms with Crippen LogP contribution in [0, 0.1) is 0 Å². The van der Waals surface area contributed by atoms with E-state index in [2.05, 4.69) is 0 Å². The van der Waals surface area contributed by atoms with E-state index in [0.29, 0.717) is 0 Å². The third-order valence-corrected chi connectivity index (χ3v) is 1.37. The van der Waals surface area contributed by atoms with Crippen molar-refractivity contribution in [2.45, 2.75) is 25.6 Å². The van der Waals surface area contributed by atoms with Gasteiger partial charge in [0.2, 0.25) is 6.10 Å². The summed E-state index contributed by atoms with van der Waals surface area (Å²) in [6, 6.07) is 0. The Labute approximate surface area is 57.8 Å². The number of ketones is 1. The summed E-state index contributed by atoms with van der Waals surface area (Å²) in [5.74, 6) is -1.52. The van der Waals surface area contributed by atoms with Crippen LogP contribution in [-0.4, -0.2) is 29.1 Å². The SMILES string of the molecule is CC1CC(=O)C(C(=O)O)O1. The van der Waals surface area contributed by atoms with Crippen molar-refractivity contribution in [3.63, 3.8) is 0 Å². The molecule has 0 aliphatic carbocycles. The number of carboxylic acids is 1. The van der Waals surface area contributed by atoms with Crippen LogP contribution in [0.3, 0.4) is 0 Å². The minimum atomic E-state index is -1.21. The molecule has 2 atom stereocenters. The van der Waals surface area contributed by atoms with E-state index >= 15 is 0 Å². The lowest BCUT2D eigenvalue weighted by atomic mass is 10.2. The van der Waals surface area contributed by atoms with Gasteiger partial charge >= 0.3 is 5.97 Å². The van der Waals surface area contributed by atoms with Gasteiger partial charge in [-0.05, 0) is 6.92 Å². The summed E-state index contributed by atoms with van der Waals surface area (Å²) in [5.41, 5.74) is 0. The van der Waals surface area contributed by atoms with Crippen LogP contribution in [0.2, 0.25) is 0 Å². The van der Waals surface area contributed by atoms with Gasteiger partial charge < -0.3 is 9.84 Å². The molecule has 1 aliphatic rings. The molecule has 0 aromatic heterocycles. The number of hydrogen-bond acceptors (Lipinski definition) is 3. The Bertz CT molecular complexity index is 175. The Hall–Kier alpha value is -0.900. The van der Waals surface area contributed by atoms with Crippen LogP contribution in [0.4, 0.5) is 0 Å². The van der Waals surface area contributed by atoms with E-state index in [1.165, 1.54) is 0 Å². The minimum Gasteiger partial charge on any atom is -0.479 e. The third kappa shape index (κ3) is 1.16. The van der Waals surface area contributed by atoms with Gasteiger partial charge in [-0.1, -0.05) is 0 Å². The Morgan fingerprint density at radius 2 is 2.40 bits per heavy atom. The average Bonchev–Trinajstić information content (AvgIpc) is 2.10. The average molecular weight is 144 g/mol. The van der Waals surface area contributed by atoms with Gasteiger partial charge in [0.15, 0.2) is 5.78 Å². The van der Waals surface area contributed by atoms with Crippen LogP contribution in [-0.2, 0) is 14.3 Å². The number of carbonyl (C=O) groups is 2. The molecule has 56 valence electrons. The molecule has 0 radical (unpaired) electrons. The van der Waals surface area contributed by atoms with Gasteiger partial charge in [-0.2, -0.15) is 0 Å². The predicted molar refractivity (Wildman–Crippen MR) is 31.6 cm³/mol. The van der Waals surface area contributed by atoms with Gasteiger partial charge in [-0.3, -0.25) is 4.79 Å². The molecule has 1 N–H and O–H groups in total. The van der Waals surface area contributed by atoms with Crippen molar-refractivity contribution in [1.82, 2.24) is 0 Å². The highest BCUT2D eigenvalue weighted by Crippen LogP contribution is 2.15. The molecule has 2 unspecified atom stereocenters. The van der Waals surface area contributed by atoms with E-state index in [4.69, 9.17) is 9.84 Å². The lowest BCUT2D eigenvalue weighted by Gasteiger charge is -2.01. The van der Waals surface area contributed by atoms with Gasteiger partial charge in [-0.25, -0.2) is 4.79 Å². The zero-order chi connectivity index (χ0) is 7.72. The van der Waals surface area contributed by atoms with Gasteiger partial charge in [0.1, 0.15) is 0 Å². The second-order valence-corrected chi connectivity index (χ2v) is 2.34. The second kappa shape index (κ2) is 2.38. The van der Waals surface area contributed by atoms with E-state index in [-0.39, 0.29) is 18.3 Å². The summed E-state index contributed by atoms with van der Waals surface area (Å²) in [7, 11) is 0. The fourth-order valence-electron chi connectivity index (χ4n) is 0.943. The molecule has 1 rings (SSSR count). The Morgan fingerprint density at radius 1 is 1.80 bits per heavy atom. The first-order valence-electron chi connectivity index (χ1n) is 3.02. The molecule has 0 aromatic rings. The Kier molecular flexibility index (Phi) is 1.72. The molecule has 0 amide bonds. The highest BCUT2D eigenvalue weighted by Gasteiger charge is 2.36. The summed E-state index contributed by atoms with van der Waals surface area (Å²) in [4.78, 5) is 20.9. The van der Waals surface area contributed by atoms with Crippen molar-refractivity contribution in [3.05, 3.63) is 0 Å². The highest BCUT2D eigenvalue weighted by atomic mass is 16.5. The third-order valence-electron chi connectivity index (χ3n) is 1.37. The summed E-state index contributed by atoms with van der Waals surface area (Å²) < 4.78 is 4.79. The smallest absolute Gasteiger partial charge is 0.340 e. The molecule has 4 nitrogen and oxygen atoms in total. The topological polar surface area (TPSA) is 63.6 Å². The predicted octanol–water partition coefficient (Wildman–Crippen LogP) is -0.182. The zero-order valence-corrected chi connectivity index (χ0v) is 5.53. The molecule has 10 heavy (non-hydrogen) atoms. The molecule has 0 spiro atoms. The van der Waals surface area contributed by atoms with Crippen LogP contribution in [0.15, 0.2) is 0 Å². The maximum Gasteiger partial charge on any atom is 0.340 e. The maximum absolute atomic E-state index is 10.7. The quantitative estimate of drug-likeness (QED) is 0.518. The number of aliphatic carboxylic acids is 1. The second-order valence-electron chi connectivity index (χ2n) is 2.34. The maximum atomic E-state index is 10.7. The summed E-state index contributed by atoms with van der Waals surface area (Å²) in [6.45, 7) is 1.68. The van der Waals surface area contributed by atoms with E-state index in [9.17, 15) is 9.59 Å². The van der Waals surface area contributed by atoms with Gasteiger partial charge in [0.05, 0.1) is 6.10 Å². The minimum absolute atomic E-state index is 0.219. The summed E-state index contributed by atoms with van der Waals surface area (Å²) in [5, 5.41) is 8.36. The van der Waals surface area contributed by atoms with Crippen LogP contribution >= 0.6 is 0 Å². The highest BCUT2D eigenvalue weighted by molar-refractivity contribution is 6.02. The Morgan fingerprint density at radius 3 is 2.60 bits per heavy atom. The number of hydrogen-bond donors (Lipinski definition) is 1. The largest absolute Gasteiger partial charge is 0.479 e. The lowest BCUT2D eigenvalue weighted by Crippen LogP contribution is -2.26. The Balaban J connectivity index is 2.63. The first kappa shape index (κ1) is 7.21. The van der Waals surface area contributed by atoms with Crippen molar-refractivity contribution >= 4 is 11.8 Å². The van der Waals surface area contributed by atoms with Crippen molar-refractivity contribution < 1.29 is 19.4 Å². The van der Waals surface area contributed by atoms with E-state index in [0.717, 1.165) is 0 Å². The van der Waals surface area contributed by atoms with E-state index in [1.54, 1.807) is 6.92 Å². The normalized spacial score (nSPS) is 32.7. The number of Topliss-reactive ketones (excluding diaryl/α,β-unsaturated/α-hetero) is 1. The fraction of sp³-hybridized carbons (Fsp3) is 0.667. The van der Waals surface area contributed by atoms with Crippen LogP contribution in [0.5, 0.6) is 0 Å². The van der Waals surface area contributed by atoms with Crippen molar-refractivity contribution in [2.24, 2.45) is 0 Å². The van der Waals surface area contributed by atoms with Gasteiger partial charge in [0.25, 0.3) is 0 Å². The van der Waals surface area contributed by atoms with E-state index < -0.39 is 12.1 Å². The van der Waals surface area contributed by atoms with E-state index in [1.807, 2.05) is 0 Å². The van der Waals surface area contributed by atoms with Crippen LogP contribution in [0.25, 0.3) is 0 Å². The monoisotopic (exact) mass is 144 g/mol. The molecule has 0 saturated carbocycles. The molecule has 1 heterocycles. The van der Waals surface area contributed by atoms with Crippen molar-refractivity contribution in [1.29, 1.82) is 0 Å². The lowest BCUT2D eigenvalue weighted by molar-refractivity contribution is -0.152. The molecule has 0 bridgehead atoms. The van der Waals surface area contributed by atoms with Crippen LogP contribution < -0.4 is 0 Å². The summed E-state index contributed by atoms with van der Waals surface area (Å²) >= 11 is 0. The molecular formula is C6H8O4. The first-order valence-corrected chi connectivity index (χ1v) is 3.02. The molecule has 0 aromatic carbocycles. The van der Waals surface area contributed by atoms with Crippen LogP contribution in [0.1, 0.15) is 13.3 Å². The summed E-state index contributed by atoms with van der Waals surface area (Å²) in [6.07, 6.45) is -1.24. The van der Waals surface area contributed by atoms with Gasteiger partial charge in [-0.15, -0.1) is 0 Å². The molecular weight excluding hydrogens is 136 g/mol. The number of rotatable bonds is 1. The molecule has 4 heteroatoms. The zero-order valence-electron chi connectivity index (χ0n) is 5.53. The molecule has 1 aliphatic heterocycles. The number of ether oxygens (including phenoxy) is 1. The number of carboxylic acid groups (broad SMARTS) is 1. The molecule has 1 fully saturated rings.